The van der Waals surface area contributed by atoms with Crippen molar-refractivity contribution in [2.45, 2.75) is 24.0 Å². The monoisotopic (exact) mass is 521 g/mol. The molecule has 2 aromatic carbocycles. The van der Waals surface area contributed by atoms with Crippen molar-refractivity contribution in [3.8, 4) is 5.75 Å². The molecule has 1 atom stereocenters. The average Bonchev–Trinajstić information content (AvgIpc) is 3.38. The first-order valence-corrected chi connectivity index (χ1v) is 12.2. The van der Waals surface area contributed by atoms with E-state index < -0.39 is 31.6 Å². The first-order chi connectivity index (χ1) is 14.8. The first-order valence-electron chi connectivity index (χ1n) is 9.35. The quantitative estimate of drug-likeness (QED) is 0.445. The number of hydrogen-bond donors (Lipinski definition) is 1. The molecule has 1 aromatic heterocycles. The van der Waals surface area contributed by atoms with Gasteiger partial charge in [0.15, 0.2) is 22.3 Å². The van der Waals surface area contributed by atoms with E-state index in [1.54, 1.807) is 0 Å². The van der Waals surface area contributed by atoms with E-state index in [-0.39, 0.29) is 30.1 Å². The summed E-state index contributed by atoms with van der Waals surface area (Å²) in [5.74, 6) is -2.96. The van der Waals surface area contributed by atoms with Gasteiger partial charge in [-0.05, 0) is 12.0 Å². The summed E-state index contributed by atoms with van der Waals surface area (Å²) in [6, 6.07) is 10.7. The van der Waals surface area contributed by atoms with Crippen LogP contribution in [0.5, 0.6) is 5.75 Å². The summed E-state index contributed by atoms with van der Waals surface area (Å²) in [6.45, 7) is 2.04. The number of nitrogens with zero attached hydrogens (tertiary/aromatic N) is 2. The minimum atomic E-state index is -4.56. The van der Waals surface area contributed by atoms with Crippen molar-refractivity contribution >= 4 is 51.2 Å². The first kappa shape index (κ1) is 24.7. The summed E-state index contributed by atoms with van der Waals surface area (Å²) in [6.07, 6.45) is 0.327. The van der Waals surface area contributed by atoms with Gasteiger partial charge in [-0.3, -0.25) is 9.62 Å². The lowest BCUT2D eigenvalue weighted by Crippen LogP contribution is -2.25. The van der Waals surface area contributed by atoms with Crippen molar-refractivity contribution in [2.75, 3.05) is 17.8 Å². The molecule has 3 aromatic rings. The minimum absolute atomic E-state index is 0. The van der Waals surface area contributed by atoms with Crippen LogP contribution in [-0.4, -0.2) is 37.5 Å². The lowest BCUT2D eigenvalue weighted by molar-refractivity contribution is 0.196. The van der Waals surface area contributed by atoms with E-state index in [1.807, 2.05) is 35.1 Å². The van der Waals surface area contributed by atoms with Gasteiger partial charge in [0.2, 0.25) is 0 Å². The average molecular weight is 522 g/mol. The highest BCUT2D eigenvalue weighted by Crippen LogP contribution is 2.36. The molecular formula is C20H19Cl2F2N3O3S2. The predicted molar refractivity (Wildman–Crippen MR) is 122 cm³/mol. The molecule has 32 heavy (non-hydrogen) atoms. The minimum Gasteiger partial charge on any atom is -0.487 e. The Labute approximate surface area is 199 Å². The highest BCUT2D eigenvalue weighted by atomic mass is 35.5. The Kier molecular flexibility index (Phi) is 7.94. The number of nitrogens with one attached hydrogen (secondary N) is 1. The summed E-state index contributed by atoms with van der Waals surface area (Å²) in [5, 5.41) is 0.815. The molecule has 1 aliphatic rings. The number of ether oxygens (including phenoxy) is 1. The fraction of sp³-hybridized carbons (Fsp3) is 0.250. The zero-order valence-corrected chi connectivity index (χ0v) is 19.7. The molecule has 4 rings (SSSR count). The van der Waals surface area contributed by atoms with Gasteiger partial charge in [-0.25, -0.2) is 22.2 Å². The molecule has 0 amide bonds. The molecule has 1 N–H and O–H groups in total. The van der Waals surface area contributed by atoms with Crippen molar-refractivity contribution < 1.29 is 21.9 Å². The van der Waals surface area contributed by atoms with Gasteiger partial charge < -0.3 is 4.74 Å². The van der Waals surface area contributed by atoms with E-state index in [9.17, 15) is 17.2 Å². The van der Waals surface area contributed by atoms with Gasteiger partial charge in [-0.15, -0.1) is 23.7 Å². The van der Waals surface area contributed by atoms with Crippen molar-refractivity contribution in [2.24, 2.45) is 0 Å². The molecule has 0 saturated carbocycles. The second-order valence-corrected chi connectivity index (χ2v) is 9.76. The molecule has 1 saturated heterocycles. The summed E-state index contributed by atoms with van der Waals surface area (Å²) >= 11 is 7.15. The fourth-order valence-corrected chi connectivity index (χ4v) is 5.35. The maximum absolute atomic E-state index is 14.8. The van der Waals surface area contributed by atoms with E-state index >= 15 is 0 Å². The van der Waals surface area contributed by atoms with Crippen molar-refractivity contribution in [3.05, 3.63) is 69.5 Å². The molecule has 1 aliphatic heterocycles. The van der Waals surface area contributed by atoms with Gasteiger partial charge in [0.1, 0.15) is 16.9 Å². The summed E-state index contributed by atoms with van der Waals surface area (Å²) in [5.41, 5.74) is 2.54. The Morgan fingerprint density at radius 1 is 1.28 bits per heavy atom. The van der Waals surface area contributed by atoms with Crippen molar-refractivity contribution in [3.63, 3.8) is 0 Å². The van der Waals surface area contributed by atoms with Crippen LogP contribution < -0.4 is 9.46 Å². The Bertz CT molecular complexity index is 1170. The molecule has 172 valence electrons. The van der Waals surface area contributed by atoms with Crippen molar-refractivity contribution in [1.82, 2.24) is 9.88 Å². The number of benzene rings is 2. The lowest BCUT2D eigenvalue weighted by Gasteiger charge is -2.18. The highest BCUT2D eigenvalue weighted by Gasteiger charge is 2.31. The maximum Gasteiger partial charge on any atom is 0.269 e. The highest BCUT2D eigenvalue weighted by molar-refractivity contribution is 7.92. The third-order valence-electron chi connectivity index (χ3n) is 4.79. The molecule has 1 fully saturated rings. The molecule has 0 spiro atoms. The number of likely N-dealkylation sites (tertiary alicyclic amines) is 1. The molecule has 2 heterocycles. The zero-order chi connectivity index (χ0) is 22.0. The van der Waals surface area contributed by atoms with E-state index in [0.717, 1.165) is 36.1 Å². The number of hydrogen-bond acceptors (Lipinski definition) is 6. The third kappa shape index (κ3) is 5.49. The van der Waals surface area contributed by atoms with Crippen LogP contribution in [0, 0.1) is 11.6 Å². The molecule has 1 unspecified atom stereocenters. The third-order valence-corrected chi connectivity index (χ3v) is 7.12. The zero-order valence-electron chi connectivity index (χ0n) is 16.5. The topological polar surface area (TPSA) is 71.5 Å². The molecule has 0 bridgehead atoms. The summed E-state index contributed by atoms with van der Waals surface area (Å²) in [7, 11) is -4.56. The van der Waals surface area contributed by atoms with Gasteiger partial charge in [-0.2, -0.15) is 0 Å². The largest absolute Gasteiger partial charge is 0.487 e. The van der Waals surface area contributed by atoms with Crippen LogP contribution in [0.15, 0.2) is 52.2 Å². The van der Waals surface area contributed by atoms with Gasteiger partial charge in [-0.1, -0.05) is 41.9 Å². The van der Waals surface area contributed by atoms with Crippen LogP contribution in [0.4, 0.5) is 14.6 Å². The number of aromatic nitrogens is 1. The van der Waals surface area contributed by atoms with Crippen LogP contribution in [0.1, 0.15) is 12.0 Å². The number of rotatable bonds is 7. The number of sulfonamides is 1. The summed E-state index contributed by atoms with van der Waals surface area (Å²) in [4.78, 5) is 4.75. The standard InChI is InChI=1S/C20H18ClF2N3O3S2.ClH/c21-18-16(29-14-6-7-26(10-14)9-13-4-2-1-3-5-13)8-15(22)20(19(18)23)31(27,28)25-17-11-30-12-24-17;/h1-5,8,11-12,14,25H,6-7,9-10H2;1H. The van der Waals surface area contributed by atoms with Crippen LogP contribution >= 0.6 is 35.3 Å². The van der Waals surface area contributed by atoms with Gasteiger partial charge in [0.05, 0.1) is 5.51 Å². The Balaban J connectivity index is 0.00000289. The normalized spacial score (nSPS) is 16.5. The SMILES string of the molecule is Cl.O=S(=O)(Nc1cscn1)c1c(F)cc(OC2CCN(Cc3ccccc3)C2)c(Cl)c1F. The number of halogens is 4. The van der Waals surface area contributed by atoms with Crippen molar-refractivity contribution in [1.29, 1.82) is 0 Å². The van der Waals surface area contributed by atoms with Crippen LogP contribution in [0.2, 0.25) is 5.02 Å². The molecule has 0 aliphatic carbocycles. The maximum atomic E-state index is 14.8. The molecule has 6 nitrogen and oxygen atoms in total. The fourth-order valence-electron chi connectivity index (χ4n) is 3.40. The molecule has 0 radical (unpaired) electrons. The van der Waals surface area contributed by atoms with E-state index in [4.69, 9.17) is 16.3 Å². The smallest absolute Gasteiger partial charge is 0.269 e. The lowest BCUT2D eigenvalue weighted by atomic mass is 10.2. The Morgan fingerprint density at radius 2 is 2.03 bits per heavy atom. The van der Waals surface area contributed by atoms with Crippen LogP contribution in [-0.2, 0) is 16.6 Å². The summed E-state index contributed by atoms with van der Waals surface area (Å²) < 4.78 is 62.0. The van der Waals surface area contributed by atoms with E-state index in [1.165, 1.54) is 10.9 Å². The second kappa shape index (κ2) is 10.3. The van der Waals surface area contributed by atoms with Crippen LogP contribution in [0.3, 0.4) is 0 Å². The van der Waals surface area contributed by atoms with Gasteiger partial charge in [0.25, 0.3) is 10.0 Å². The molecular weight excluding hydrogens is 503 g/mol. The predicted octanol–water partition coefficient (Wildman–Crippen LogP) is 4.95. The Morgan fingerprint density at radius 3 is 2.72 bits per heavy atom. The molecule has 12 heteroatoms. The van der Waals surface area contributed by atoms with E-state index in [2.05, 4.69) is 9.88 Å². The number of thiazole rings is 1. The Hall–Kier alpha value is -1.98. The van der Waals surface area contributed by atoms with Gasteiger partial charge in [0, 0.05) is 31.1 Å². The van der Waals surface area contributed by atoms with Crippen LogP contribution in [0.25, 0.3) is 0 Å². The second-order valence-electron chi connectivity index (χ2n) is 7.04. The van der Waals surface area contributed by atoms with Gasteiger partial charge >= 0.3 is 0 Å². The van der Waals surface area contributed by atoms with E-state index in [0.29, 0.717) is 13.0 Å². The number of anilines is 1.